The van der Waals surface area contributed by atoms with Crippen LogP contribution in [-0.4, -0.2) is 17.7 Å². The molecule has 2 aromatic carbocycles. The van der Waals surface area contributed by atoms with Crippen LogP contribution in [0.1, 0.15) is 5.56 Å². The number of halogens is 1. The molecule has 1 aromatic heterocycles. The van der Waals surface area contributed by atoms with Crippen molar-refractivity contribution in [1.29, 1.82) is 0 Å². The molecule has 0 aliphatic heterocycles. The summed E-state index contributed by atoms with van der Waals surface area (Å²) in [7, 11) is 0. The predicted octanol–water partition coefficient (Wildman–Crippen LogP) is 3.81. The van der Waals surface area contributed by atoms with Gasteiger partial charge in [-0.2, -0.15) is 0 Å². The molecule has 1 heterocycles. The van der Waals surface area contributed by atoms with Crippen LogP contribution in [0.3, 0.4) is 0 Å². The Morgan fingerprint density at radius 1 is 1.21 bits per heavy atom. The van der Waals surface area contributed by atoms with Crippen molar-refractivity contribution in [3.63, 3.8) is 0 Å². The number of hydrogen-bond acceptors (Lipinski definition) is 4. The van der Waals surface area contributed by atoms with Crippen molar-refractivity contribution in [2.75, 3.05) is 11.9 Å². The topological polar surface area (TPSA) is 64.4 Å². The molecule has 6 heteroatoms. The van der Waals surface area contributed by atoms with E-state index in [1.54, 1.807) is 18.2 Å². The number of benzene rings is 2. The molecule has 0 fully saturated rings. The van der Waals surface area contributed by atoms with E-state index in [0.29, 0.717) is 5.69 Å². The fraction of sp³-hybridized carbons (Fsp3) is 0.111. The van der Waals surface area contributed by atoms with Crippen LogP contribution in [-0.2, 0) is 4.79 Å². The number of nitrogens with zero attached hydrogens (tertiary/aromatic N) is 1. The molecule has 0 unspecified atom stereocenters. The van der Waals surface area contributed by atoms with E-state index in [1.807, 2.05) is 31.2 Å². The van der Waals surface area contributed by atoms with E-state index in [1.165, 1.54) is 12.1 Å². The van der Waals surface area contributed by atoms with Gasteiger partial charge in [0.2, 0.25) is 5.88 Å². The van der Waals surface area contributed by atoms with Gasteiger partial charge in [0, 0.05) is 11.6 Å². The van der Waals surface area contributed by atoms with E-state index in [2.05, 4.69) is 10.5 Å². The molecule has 122 valence electrons. The Hall–Kier alpha value is -3.15. The summed E-state index contributed by atoms with van der Waals surface area (Å²) < 4.78 is 23.6. The minimum atomic E-state index is -0.522. The highest BCUT2D eigenvalue weighted by molar-refractivity contribution is 5.91. The lowest BCUT2D eigenvalue weighted by molar-refractivity contribution is -0.118. The van der Waals surface area contributed by atoms with Crippen molar-refractivity contribution in [1.82, 2.24) is 5.16 Å². The molecule has 0 aliphatic rings. The maximum atomic E-state index is 13.4. The quantitative estimate of drug-likeness (QED) is 0.774. The molecule has 24 heavy (non-hydrogen) atoms. The monoisotopic (exact) mass is 326 g/mol. The second-order valence-corrected chi connectivity index (χ2v) is 5.21. The molecule has 0 radical (unpaired) electrons. The van der Waals surface area contributed by atoms with Gasteiger partial charge < -0.3 is 9.26 Å². The number of nitrogens with one attached hydrogen (secondary N) is 1. The van der Waals surface area contributed by atoms with Crippen LogP contribution in [0.4, 0.5) is 10.3 Å². The number of ether oxygens (including phenoxy) is 1. The highest BCUT2D eigenvalue weighted by Gasteiger charge is 2.11. The number of carbonyl (C=O) groups is 1. The molecular weight excluding hydrogens is 311 g/mol. The van der Waals surface area contributed by atoms with Crippen molar-refractivity contribution in [3.8, 4) is 17.0 Å². The van der Waals surface area contributed by atoms with E-state index < -0.39 is 11.7 Å². The van der Waals surface area contributed by atoms with Crippen molar-refractivity contribution < 1.29 is 18.4 Å². The molecule has 0 aliphatic carbocycles. The molecule has 0 saturated carbocycles. The van der Waals surface area contributed by atoms with Crippen molar-refractivity contribution in [2.45, 2.75) is 6.92 Å². The highest BCUT2D eigenvalue weighted by Crippen LogP contribution is 2.22. The first-order valence-electron chi connectivity index (χ1n) is 7.33. The highest BCUT2D eigenvalue weighted by atomic mass is 19.1. The van der Waals surface area contributed by atoms with Gasteiger partial charge in [0.25, 0.3) is 5.91 Å². The van der Waals surface area contributed by atoms with E-state index in [4.69, 9.17) is 9.26 Å². The van der Waals surface area contributed by atoms with E-state index in [9.17, 15) is 9.18 Å². The fourth-order valence-electron chi connectivity index (χ4n) is 2.07. The van der Waals surface area contributed by atoms with Crippen LogP contribution in [0.25, 0.3) is 11.3 Å². The third kappa shape index (κ3) is 3.78. The standard InChI is InChI=1S/C18H15FN2O3/c1-12-6-8-13(9-7-12)15-10-18(24-21-15)20-17(22)11-23-16-5-3-2-4-14(16)19/h2-10H,11H2,1H3,(H,20,22). The first-order chi connectivity index (χ1) is 11.6. The van der Waals surface area contributed by atoms with Gasteiger partial charge in [-0.1, -0.05) is 47.1 Å². The van der Waals surface area contributed by atoms with Gasteiger partial charge in [-0.25, -0.2) is 4.39 Å². The van der Waals surface area contributed by atoms with Gasteiger partial charge in [0.15, 0.2) is 18.2 Å². The Morgan fingerprint density at radius 2 is 1.96 bits per heavy atom. The van der Waals surface area contributed by atoms with Gasteiger partial charge >= 0.3 is 0 Å². The van der Waals surface area contributed by atoms with Gasteiger partial charge in [-0.05, 0) is 19.1 Å². The zero-order chi connectivity index (χ0) is 16.9. The van der Waals surface area contributed by atoms with Crippen LogP contribution in [0.2, 0.25) is 0 Å². The summed E-state index contributed by atoms with van der Waals surface area (Å²) in [5.74, 6) is -0.769. The molecular formula is C18H15FN2O3. The Balaban J connectivity index is 1.59. The number of anilines is 1. The maximum absolute atomic E-state index is 13.4. The van der Waals surface area contributed by atoms with Gasteiger partial charge in [-0.3, -0.25) is 10.1 Å². The lowest BCUT2D eigenvalue weighted by Crippen LogP contribution is -2.20. The summed E-state index contributed by atoms with van der Waals surface area (Å²) in [6, 6.07) is 15.3. The van der Waals surface area contributed by atoms with Crippen LogP contribution >= 0.6 is 0 Å². The number of rotatable bonds is 5. The summed E-state index contributed by atoms with van der Waals surface area (Å²) in [6.07, 6.45) is 0. The Bertz CT molecular complexity index is 843. The van der Waals surface area contributed by atoms with Crippen LogP contribution in [0.15, 0.2) is 59.1 Å². The van der Waals surface area contributed by atoms with E-state index in [0.717, 1.165) is 11.1 Å². The first kappa shape index (κ1) is 15.7. The lowest BCUT2D eigenvalue weighted by atomic mass is 10.1. The summed E-state index contributed by atoms with van der Waals surface area (Å²) >= 11 is 0. The average Bonchev–Trinajstić information content (AvgIpc) is 3.03. The molecule has 3 rings (SSSR count). The summed E-state index contributed by atoms with van der Waals surface area (Å²) in [4.78, 5) is 11.8. The zero-order valence-electron chi connectivity index (χ0n) is 13.0. The van der Waals surface area contributed by atoms with Gasteiger partial charge in [-0.15, -0.1) is 0 Å². The number of amides is 1. The number of aryl methyl sites for hydroxylation is 1. The third-order valence-corrected chi connectivity index (χ3v) is 3.32. The third-order valence-electron chi connectivity index (χ3n) is 3.32. The Morgan fingerprint density at radius 3 is 2.71 bits per heavy atom. The van der Waals surface area contributed by atoms with Gasteiger partial charge in [0.05, 0.1) is 0 Å². The van der Waals surface area contributed by atoms with Crippen molar-refractivity contribution >= 4 is 11.8 Å². The van der Waals surface area contributed by atoms with E-state index in [-0.39, 0.29) is 18.2 Å². The molecule has 3 aromatic rings. The second-order valence-electron chi connectivity index (χ2n) is 5.21. The zero-order valence-corrected chi connectivity index (χ0v) is 13.0. The molecule has 1 amide bonds. The van der Waals surface area contributed by atoms with Crippen molar-refractivity contribution in [3.05, 3.63) is 66.0 Å². The second kappa shape index (κ2) is 6.95. The molecule has 5 nitrogen and oxygen atoms in total. The smallest absolute Gasteiger partial charge is 0.264 e. The predicted molar refractivity (Wildman–Crippen MR) is 87.2 cm³/mol. The van der Waals surface area contributed by atoms with Crippen molar-refractivity contribution in [2.24, 2.45) is 0 Å². The SMILES string of the molecule is Cc1ccc(-c2cc(NC(=O)COc3ccccc3F)on2)cc1. The number of para-hydroxylation sites is 1. The molecule has 0 saturated heterocycles. The molecule has 0 spiro atoms. The summed E-state index contributed by atoms with van der Waals surface area (Å²) in [6.45, 7) is 1.66. The lowest BCUT2D eigenvalue weighted by Gasteiger charge is -2.05. The summed E-state index contributed by atoms with van der Waals surface area (Å²) in [5, 5.41) is 6.43. The minimum absolute atomic E-state index is 0.0190. The molecule has 0 atom stereocenters. The number of aromatic nitrogens is 1. The number of carbonyl (C=O) groups excluding carboxylic acids is 1. The van der Waals surface area contributed by atoms with Crippen LogP contribution in [0, 0.1) is 12.7 Å². The normalized spacial score (nSPS) is 10.4. The minimum Gasteiger partial charge on any atom is -0.481 e. The van der Waals surface area contributed by atoms with Gasteiger partial charge in [0.1, 0.15) is 5.69 Å². The summed E-state index contributed by atoms with van der Waals surface area (Å²) in [5.41, 5.74) is 2.63. The maximum Gasteiger partial charge on any atom is 0.264 e. The average molecular weight is 326 g/mol. The largest absolute Gasteiger partial charge is 0.481 e. The fourth-order valence-corrected chi connectivity index (χ4v) is 2.07. The first-order valence-corrected chi connectivity index (χ1v) is 7.33. The number of hydrogen-bond donors (Lipinski definition) is 1. The van der Waals surface area contributed by atoms with Crippen LogP contribution in [0.5, 0.6) is 5.75 Å². The Kier molecular flexibility index (Phi) is 4.56. The van der Waals surface area contributed by atoms with Crippen LogP contribution < -0.4 is 10.1 Å². The molecule has 0 bridgehead atoms. The Labute approximate surface area is 138 Å². The molecule has 1 N–H and O–H groups in total. The van der Waals surface area contributed by atoms with E-state index >= 15 is 0 Å².